The van der Waals surface area contributed by atoms with Crippen LogP contribution in [-0.2, 0) is 9.59 Å². The predicted molar refractivity (Wildman–Crippen MR) is 118 cm³/mol. The molecule has 0 aromatic carbocycles. The molecule has 0 radical (unpaired) electrons. The van der Waals surface area contributed by atoms with E-state index in [1.54, 1.807) is 0 Å². The molecule has 0 atom stereocenters. The first-order valence-electron chi connectivity index (χ1n) is 11.4. The van der Waals surface area contributed by atoms with Crippen molar-refractivity contribution in [2.45, 2.75) is 116 Å². The fourth-order valence-electron chi connectivity index (χ4n) is 2.99. The molecule has 0 aromatic rings. The SMILES string of the molecule is NCCCCCCCCCCC(=O)O.NCCCCCCCCCCC(N)=O. The van der Waals surface area contributed by atoms with Crippen LogP contribution < -0.4 is 17.2 Å². The number of carboxylic acid groups (broad SMARTS) is 1. The third kappa shape index (κ3) is 32.5. The van der Waals surface area contributed by atoms with Crippen molar-refractivity contribution in [3.05, 3.63) is 0 Å². The molecule has 0 rings (SSSR count). The van der Waals surface area contributed by atoms with Gasteiger partial charge in [-0.2, -0.15) is 0 Å². The van der Waals surface area contributed by atoms with Crippen molar-refractivity contribution in [1.82, 2.24) is 0 Å². The van der Waals surface area contributed by atoms with Gasteiger partial charge in [0.1, 0.15) is 0 Å². The fraction of sp³-hybridized carbons (Fsp3) is 0.909. The Morgan fingerprint density at radius 1 is 0.500 bits per heavy atom. The van der Waals surface area contributed by atoms with Crippen LogP contribution in [0.4, 0.5) is 0 Å². The van der Waals surface area contributed by atoms with E-state index in [2.05, 4.69) is 0 Å². The normalized spacial score (nSPS) is 10.4. The molecule has 0 heterocycles. The first-order chi connectivity index (χ1) is 13.5. The van der Waals surface area contributed by atoms with Gasteiger partial charge in [-0.25, -0.2) is 0 Å². The molecule has 168 valence electrons. The summed E-state index contributed by atoms with van der Waals surface area (Å²) in [5.41, 5.74) is 15.8. The van der Waals surface area contributed by atoms with Crippen LogP contribution in [0.5, 0.6) is 0 Å². The number of hydrogen-bond acceptors (Lipinski definition) is 4. The van der Waals surface area contributed by atoms with E-state index in [9.17, 15) is 9.59 Å². The van der Waals surface area contributed by atoms with Crippen molar-refractivity contribution in [1.29, 1.82) is 0 Å². The number of unbranched alkanes of at least 4 members (excludes halogenated alkanes) is 14. The van der Waals surface area contributed by atoms with Gasteiger partial charge in [0.2, 0.25) is 5.91 Å². The summed E-state index contributed by atoms with van der Waals surface area (Å²) in [6.07, 6.45) is 19.7. The second kappa shape index (κ2) is 25.9. The van der Waals surface area contributed by atoms with Gasteiger partial charge < -0.3 is 22.3 Å². The lowest BCUT2D eigenvalue weighted by molar-refractivity contribution is -0.137. The maximum absolute atomic E-state index is 10.4. The first-order valence-corrected chi connectivity index (χ1v) is 11.4. The minimum atomic E-state index is -0.673. The van der Waals surface area contributed by atoms with Crippen LogP contribution in [0, 0.1) is 0 Å². The Kier molecular flexibility index (Phi) is 26.8. The molecule has 0 saturated carbocycles. The smallest absolute Gasteiger partial charge is 0.303 e. The molecular formula is C22H47N3O3. The Morgan fingerprint density at radius 2 is 0.786 bits per heavy atom. The summed E-state index contributed by atoms with van der Waals surface area (Å²) in [5.74, 6) is -0.846. The van der Waals surface area contributed by atoms with E-state index in [0.29, 0.717) is 12.8 Å². The number of rotatable bonds is 20. The van der Waals surface area contributed by atoms with E-state index in [1.807, 2.05) is 0 Å². The first kappa shape index (κ1) is 29.1. The zero-order valence-corrected chi connectivity index (χ0v) is 18.1. The standard InChI is InChI=1S/C11H24N2O.C11H23NO2/c2*12-10-8-6-4-2-1-3-5-7-9-11(13)14/h1-10,12H2,(H2,13,14);1-10,12H2,(H,13,14). The molecule has 0 aromatic heterocycles. The van der Waals surface area contributed by atoms with Crippen molar-refractivity contribution in [2.24, 2.45) is 17.2 Å². The van der Waals surface area contributed by atoms with Gasteiger partial charge in [0.15, 0.2) is 0 Å². The Hall–Kier alpha value is -1.14. The van der Waals surface area contributed by atoms with E-state index < -0.39 is 5.97 Å². The third-order valence-corrected chi connectivity index (χ3v) is 4.72. The van der Waals surface area contributed by atoms with Crippen LogP contribution in [0.15, 0.2) is 0 Å². The zero-order valence-electron chi connectivity index (χ0n) is 18.1. The van der Waals surface area contributed by atoms with Gasteiger partial charge in [-0.3, -0.25) is 9.59 Å². The minimum Gasteiger partial charge on any atom is -0.481 e. The van der Waals surface area contributed by atoms with Gasteiger partial charge in [0, 0.05) is 12.8 Å². The summed E-state index contributed by atoms with van der Waals surface area (Å²) < 4.78 is 0. The highest BCUT2D eigenvalue weighted by Crippen LogP contribution is 2.10. The number of nitrogens with two attached hydrogens (primary N) is 3. The number of amides is 1. The van der Waals surface area contributed by atoms with E-state index in [0.717, 1.165) is 51.6 Å². The summed E-state index contributed by atoms with van der Waals surface area (Å²) in [6.45, 7) is 1.62. The summed E-state index contributed by atoms with van der Waals surface area (Å²) in [6, 6.07) is 0. The molecule has 28 heavy (non-hydrogen) atoms. The second-order valence-electron chi connectivity index (χ2n) is 7.59. The molecule has 1 amide bonds. The lowest BCUT2D eigenvalue weighted by Gasteiger charge is -2.00. The number of aliphatic carboxylic acids is 1. The molecule has 0 aliphatic heterocycles. The van der Waals surface area contributed by atoms with Crippen molar-refractivity contribution >= 4 is 11.9 Å². The largest absolute Gasteiger partial charge is 0.481 e. The predicted octanol–water partition coefficient (Wildman–Crippen LogP) is 4.48. The van der Waals surface area contributed by atoms with Crippen LogP contribution in [0.25, 0.3) is 0 Å². The number of primary amides is 1. The van der Waals surface area contributed by atoms with E-state index in [4.69, 9.17) is 22.3 Å². The molecule has 6 nitrogen and oxygen atoms in total. The number of carbonyl (C=O) groups is 2. The summed E-state index contributed by atoms with van der Waals surface area (Å²) in [7, 11) is 0. The molecule has 0 aliphatic carbocycles. The van der Waals surface area contributed by atoms with Crippen LogP contribution in [0.3, 0.4) is 0 Å². The van der Waals surface area contributed by atoms with Crippen LogP contribution in [0.1, 0.15) is 116 Å². The monoisotopic (exact) mass is 401 g/mol. The fourth-order valence-corrected chi connectivity index (χ4v) is 2.99. The third-order valence-electron chi connectivity index (χ3n) is 4.72. The minimum absolute atomic E-state index is 0.173. The highest BCUT2D eigenvalue weighted by molar-refractivity contribution is 5.73. The second-order valence-corrected chi connectivity index (χ2v) is 7.59. The van der Waals surface area contributed by atoms with E-state index in [-0.39, 0.29) is 5.91 Å². The average Bonchev–Trinajstić information content (AvgIpc) is 2.65. The van der Waals surface area contributed by atoms with Gasteiger partial charge in [0.05, 0.1) is 0 Å². The van der Waals surface area contributed by atoms with Gasteiger partial charge in [-0.05, 0) is 38.8 Å². The molecule has 0 spiro atoms. The molecule has 6 heteroatoms. The zero-order chi connectivity index (χ0) is 21.3. The maximum Gasteiger partial charge on any atom is 0.303 e. The van der Waals surface area contributed by atoms with Crippen molar-refractivity contribution in [3.63, 3.8) is 0 Å². The van der Waals surface area contributed by atoms with Crippen molar-refractivity contribution < 1.29 is 14.7 Å². The molecule has 0 saturated heterocycles. The Bertz CT molecular complexity index is 307. The molecule has 0 unspecified atom stereocenters. The number of carboxylic acids is 1. The van der Waals surface area contributed by atoms with Crippen molar-refractivity contribution in [3.8, 4) is 0 Å². The quantitative estimate of drug-likeness (QED) is 0.223. The van der Waals surface area contributed by atoms with Crippen molar-refractivity contribution in [2.75, 3.05) is 13.1 Å². The number of carbonyl (C=O) groups excluding carboxylic acids is 1. The Morgan fingerprint density at radius 3 is 1.07 bits per heavy atom. The average molecular weight is 402 g/mol. The molecule has 7 N–H and O–H groups in total. The van der Waals surface area contributed by atoms with E-state index >= 15 is 0 Å². The lowest BCUT2D eigenvalue weighted by atomic mass is 10.1. The molecule has 0 aliphatic rings. The highest BCUT2D eigenvalue weighted by Gasteiger charge is 1.96. The molecular weight excluding hydrogens is 354 g/mol. The molecule has 0 fully saturated rings. The van der Waals surface area contributed by atoms with E-state index in [1.165, 1.54) is 64.2 Å². The van der Waals surface area contributed by atoms with Crippen LogP contribution >= 0.6 is 0 Å². The summed E-state index contributed by atoms with van der Waals surface area (Å²) in [4.78, 5) is 20.6. The number of hydrogen-bond donors (Lipinski definition) is 4. The highest BCUT2D eigenvalue weighted by atomic mass is 16.4. The molecule has 0 bridgehead atoms. The Labute approximate surface area is 173 Å². The van der Waals surface area contributed by atoms with Crippen LogP contribution in [0.2, 0.25) is 0 Å². The maximum atomic E-state index is 10.4. The van der Waals surface area contributed by atoms with Gasteiger partial charge in [0.25, 0.3) is 0 Å². The Balaban J connectivity index is 0. The lowest BCUT2D eigenvalue weighted by Crippen LogP contribution is -2.09. The van der Waals surface area contributed by atoms with Gasteiger partial charge in [-0.15, -0.1) is 0 Å². The topological polar surface area (TPSA) is 132 Å². The van der Waals surface area contributed by atoms with Crippen LogP contribution in [-0.4, -0.2) is 30.1 Å². The summed E-state index contributed by atoms with van der Waals surface area (Å²) in [5, 5.41) is 8.40. The van der Waals surface area contributed by atoms with Gasteiger partial charge in [-0.1, -0.05) is 77.0 Å². The summed E-state index contributed by atoms with van der Waals surface area (Å²) >= 11 is 0. The van der Waals surface area contributed by atoms with Gasteiger partial charge >= 0.3 is 5.97 Å².